The summed E-state index contributed by atoms with van der Waals surface area (Å²) >= 11 is 1.86. The number of thioether (sulfide) groups is 1. The van der Waals surface area contributed by atoms with Crippen molar-refractivity contribution in [2.24, 2.45) is 0 Å². The van der Waals surface area contributed by atoms with E-state index in [-0.39, 0.29) is 0 Å². The van der Waals surface area contributed by atoms with Gasteiger partial charge in [-0.2, -0.15) is 24.9 Å². The smallest absolute Gasteiger partial charge is 0.162 e. The molecule has 14 heavy (non-hydrogen) atoms. The maximum absolute atomic E-state index is 11.6. The minimum Gasteiger partial charge on any atom is -0.162 e. The molecule has 0 N–H and O–H groups in total. The highest BCUT2D eigenvalue weighted by Gasteiger charge is 2.22. The Morgan fingerprint density at radius 2 is 1.86 bits per heavy atom. The van der Waals surface area contributed by atoms with Crippen LogP contribution >= 0.6 is 11.8 Å². The van der Waals surface area contributed by atoms with Gasteiger partial charge in [0, 0.05) is 12.3 Å². The van der Waals surface area contributed by atoms with Crippen molar-refractivity contribution >= 4 is 11.8 Å². The van der Waals surface area contributed by atoms with Gasteiger partial charge in [-0.25, -0.2) is 0 Å². The van der Waals surface area contributed by atoms with E-state index < -0.39 is 6.18 Å². The summed E-state index contributed by atoms with van der Waals surface area (Å²) in [5, 5.41) is 0. The molecule has 0 spiro atoms. The van der Waals surface area contributed by atoms with Crippen LogP contribution in [-0.2, 0) is 0 Å². The van der Waals surface area contributed by atoms with Crippen molar-refractivity contribution in [3.05, 3.63) is 0 Å². The van der Waals surface area contributed by atoms with Gasteiger partial charge in [0.15, 0.2) is 0 Å². The predicted molar refractivity (Wildman–Crippen MR) is 55.3 cm³/mol. The number of alkyl halides is 3. The summed E-state index contributed by atoms with van der Waals surface area (Å²) in [4.78, 5) is 0. The normalized spacial score (nSPS) is 10.9. The molecule has 4 heteroatoms. The van der Waals surface area contributed by atoms with Crippen LogP contribution in [0, 0.1) is 11.8 Å². The average molecular weight is 224 g/mol. The van der Waals surface area contributed by atoms with Crippen molar-refractivity contribution in [3.8, 4) is 11.8 Å². The Morgan fingerprint density at radius 3 is 2.43 bits per heavy atom. The van der Waals surface area contributed by atoms with Gasteiger partial charge < -0.3 is 0 Å². The first kappa shape index (κ1) is 13.7. The third-order valence-corrected chi connectivity index (χ3v) is 2.51. The Kier molecular flexibility index (Phi) is 7.87. The van der Waals surface area contributed by atoms with E-state index in [0.29, 0.717) is 6.42 Å². The number of unbranched alkanes of at least 4 members (excludes halogenated alkanes) is 3. The van der Waals surface area contributed by atoms with E-state index in [1.54, 1.807) is 0 Å². The fraction of sp³-hybridized carbons (Fsp3) is 0.800. The molecular weight excluding hydrogens is 209 g/mol. The lowest BCUT2D eigenvalue weighted by Crippen LogP contribution is -2.01. The molecule has 0 bridgehead atoms. The molecule has 0 aromatic heterocycles. The first-order valence-corrected chi connectivity index (χ1v) is 5.86. The Labute approximate surface area is 87.6 Å². The molecule has 0 aliphatic heterocycles. The minimum atomic E-state index is -4.32. The zero-order valence-electron chi connectivity index (χ0n) is 8.28. The monoisotopic (exact) mass is 224 g/mol. The lowest BCUT2D eigenvalue weighted by molar-refractivity contribution is -0.0697. The third-order valence-electron chi connectivity index (χ3n) is 1.52. The van der Waals surface area contributed by atoms with Crippen LogP contribution in [0.5, 0.6) is 0 Å². The highest BCUT2D eigenvalue weighted by Crippen LogP contribution is 2.12. The van der Waals surface area contributed by atoms with Crippen LogP contribution in [0.3, 0.4) is 0 Å². The maximum atomic E-state index is 11.6. The van der Waals surface area contributed by atoms with Gasteiger partial charge >= 0.3 is 6.18 Å². The summed E-state index contributed by atoms with van der Waals surface area (Å²) in [6.07, 6.45) is -1.15. The van der Waals surface area contributed by atoms with Crippen molar-refractivity contribution in [3.63, 3.8) is 0 Å². The molecule has 0 amide bonds. The number of rotatable bonds is 6. The fourth-order valence-electron chi connectivity index (χ4n) is 0.901. The Bertz CT molecular complexity index is 188. The van der Waals surface area contributed by atoms with Gasteiger partial charge in [0.2, 0.25) is 0 Å². The number of halogens is 3. The van der Waals surface area contributed by atoms with E-state index in [0.717, 1.165) is 30.8 Å². The molecule has 0 nitrogen and oxygen atoms in total. The van der Waals surface area contributed by atoms with Gasteiger partial charge in [-0.15, -0.1) is 0 Å². The second kappa shape index (κ2) is 8.05. The van der Waals surface area contributed by atoms with Crippen molar-refractivity contribution in [1.29, 1.82) is 0 Å². The van der Waals surface area contributed by atoms with Gasteiger partial charge in [-0.3, -0.25) is 0 Å². The van der Waals surface area contributed by atoms with E-state index >= 15 is 0 Å². The molecule has 0 rings (SSSR count). The summed E-state index contributed by atoms with van der Waals surface area (Å²) < 4.78 is 34.7. The zero-order valence-corrected chi connectivity index (χ0v) is 9.10. The van der Waals surface area contributed by atoms with Crippen LogP contribution in [0.1, 0.15) is 32.6 Å². The zero-order chi connectivity index (χ0) is 10.9. The Hall–Kier alpha value is -0.300. The van der Waals surface area contributed by atoms with Crippen LogP contribution in [-0.4, -0.2) is 17.7 Å². The van der Waals surface area contributed by atoms with Crippen molar-refractivity contribution in [2.75, 3.05) is 11.5 Å². The van der Waals surface area contributed by atoms with Crippen LogP contribution in [0.15, 0.2) is 0 Å². The molecule has 0 unspecified atom stereocenters. The highest BCUT2D eigenvalue weighted by atomic mass is 32.2. The van der Waals surface area contributed by atoms with E-state index in [2.05, 4.69) is 12.8 Å². The summed E-state index contributed by atoms with van der Waals surface area (Å²) in [6.45, 7) is 2.10. The summed E-state index contributed by atoms with van der Waals surface area (Å²) in [5.74, 6) is 5.61. The lowest BCUT2D eigenvalue weighted by Gasteiger charge is -1.97. The second-order valence-corrected chi connectivity index (χ2v) is 4.20. The van der Waals surface area contributed by atoms with Crippen molar-refractivity contribution in [2.45, 2.75) is 38.8 Å². The van der Waals surface area contributed by atoms with Crippen LogP contribution in [0.25, 0.3) is 0 Å². The Morgan fingerprint density at radius 1 is 1.14 bits per heavy atom. The molecule has 0 aliphatic rings. The second-order valence-electron chi connectivity index (χ2n) is 2.81. The third kappa shape index (κ3) is 11.7. The van der Waals surface area contributed by atoms with Crippen molar-refractivity contribution < 1.29 is 13.2 Å². The highest BCUT2D eigenvalue weighted by molar-refractivity contribution is 7.99. The standard InChI is InChI=1S/C10H15F3S/c1-2-14-9-7-5-3-4-6-8-10(11,12)13/h2-5,7,9H2,1H3. The molecule has 0 atom stereocenters. The summed E-state index contributed by atoms with van der Waals surface area (Å²) in [5.41, 5.74) is 0. The van der Waals surface area contributed by atoms with Gasteiger partial charge in [0.25, 0.3) is 0 Å². The quantitative estimate of drug-likeness (QED) is 0.487. The molecule has 0 aliphatic carbocycles. The molecule has 0 fully saturated rings. The van der Waals surface area contributed by atoms with E-state index in [9.17, 15) is 13.2 Å². The summed E-state index contributed by atoms with van der Waals surface area (Å²) in [7, 11) is 0. The van der Waals surface area contributed by atoms with Crippen LogP contribution < -0.4 is 0 Å². The first-order valence-electron chi connectivity index (χ1n) is 4.70. The van der Waals surface area contributed by atoms with E-state index in [1.165, 1.54) is 5.92 Å². The molecule has 0 aromatic carbocycles. The van der Waals surface area contributed by atoms with Gasteiger partial charge in [0.1, 0.15) is 0 Å². The fourth-order valence-corrected chi connectivity index (χ4v) is 1.60. The average Bonchev–Trinajstić information content (AvgIpc) is 2.08. The SMILES string of the molecule is CCSCCCCCC#CC(F)(F)F. The molecule has 0 aromatic rings. The number of hydrogen-bond acceptors (Lipinski definition) is 1. The predicted octanol–water partition coefficient (Wildman–Crippen LogP) is 3.87. The maximum Gasteiger partial charge on any atom is 0.457 e. The van der Waals surface area contributed by atoms with E-state index in [1.807, 2.05) is 11.8 Å². The molecule has 0 saturated carbocycles. The van der Waals surface area contributed by atoms with Gasteiger partial charge in [-0.05, 0) is 24.3 Å². The Balaban J connectivity index is 3.24. The van der Waals surface area contributed by atoms with E-state index in [4.69, 9.17) is 0 Å². The summed E-state index contributed by atoms with van der Waals surface area (Å²) in [6, 6.07) is 0. The van der Waals surface area contributed by atoms with Gasteiger partial charge in [-0.1, -0.05) is 19.3 Å². The van der Waals surface area contributed by atoms with Crippen LogP contribution in [0.4, 0.5) is 13.2 Å². The topological polar surface area (TPSA) is 0 Å². The molecule has 0 radical (unpaired) electrons. The molecular formula is C10H15F3S. The number of hydrogen-bond donors (Lipinski definition) is 0. The lowest BCUT2D eigenvalue weighted by atomic mass is 10.2. The molecule has 0 saturated heterocycles. The first-order chi connectivity index (χ1) is 6.56. The minimum absolute atomic E-state index is 0.357. The van der Waals surface area contributed by atoms with Crippen LogP contribution in [0.2, 0.25) is 0 Å². The van der Waals surface area contributed by atoms with Gasteiger partial charge in [0.05, 0.1) is 0 Å². The van der Waals surface area contributed by atoms with Crippen molar-refractivity contribution in [1.82, 2.24) is 0 Å². The molecule has 0 heterocycles. The largest absolute Gasteiger partial charge is 0.457 e. The molecule has 82 valence electrons.